The molecule has 4 rings (SSSR count). The van der Waals surface area contributed by atoms with E-state index in [-0.39, 0.29) is 17.4 Å². The fourth-order valence-electron chi connectivity index (χ4n) is 3.73. The molecule has 6 nitrogen and oxygen atoms in total. The van der Waals surface area contributed by atoms with E-state index in [2.05, 4.69) is 10.4 Å². The number of halogens is 3. The minimum absolute atomic E-state index is 0.150. The van der Waals surface area contributed by atoms with Crippen LogP contribution in [0, 0.1) is 17.6 Å². The second-order valence-electron chi connectivity index (χ2n) is 7.68. The monoisotopic (exact) mass is 458 g/mol. The van der Waals surface area contributed by atoms with Gasteiger partial charge in [-0.05, 0) is 42.7 Å². The third-order valence-electron chi connectivity index (χ3n) is 5.53. The first-order valence-corrected chi connectivity index (χ1v) is 10.6. The van der Waals surface area contributed by atoms with Gasteiger partial charge in [-0.2, -0.15) is 5.10 Å². The topological polar surface area (TPSA) is 67.2 Å². The summed E-state index contributed by atoms with van der Waals surface area (Å²) in [6, 6.07) is 12.0. The average molecular weight is 459 g/mol. The van der Waals surface area contributed by atoms with Crippen molar-refractivity contribution in [1.29, 1.82) is 0 Å². The number of hydrogen-bond donors (Lipinski definition) is 1. The number of carbonyl (C=O) groups is 2. The fraction of sp³-hybridized carbons (Fsp3) is 0.261. The van der Waals surface area contributed by atoms with Crippen LogP contribution in [0.2, 0.25) is 5.02 Å². The molecule has 0 radical (unpaired) electrons. The highest BCUT2D eigenvalue weighted by Crippen LogP contribution is 2.22. The zero-order valence-corrected chi connectivity index (χ0v) is 17.9. The predicted molar refractivity (Wildman–Crippen MR) is 116 cm³/mol. The first kappa shape index (κ1) is 22.0. The summed E-state index contributed by atoms with van der Waals surface area (Å²) in [5.74, 6) is -1.97. The molecule has 0 unspecified atom stereocenters. The first-order chi connectivity index (χ1) is 15.4. The summed E-state index contributed by atoms with van der Waals surface area (Å²) < 4.78 is 28.7. The normalized spacial score (nSPS) is 14.4. The van der Waals surface area contributed by atoms with E-state index in [1.165, 1.54) is 4.90 Å². The number of rotatable bonds is 5. The van der Waals surface area contributed by atoms with Gasteiger partial charge in [0.1, 0.15) is 17.5 Å². The number of hydrogen-bond acceptors (Lipinski definition) is 3. The van der Waals surface area contributed by atoms with Crippen molar-refractivity contribution in [3.8, 4) is 0 Å². The van der Waals surface area contributed by atoms with Gasteiger partial charge in [-0.3, -0.25) is 9.59 Å². The van der Waals surface area contributed by atoms with Gasteiger partial charge in [0.2, 0.25) is 5.91 Å². The van der Waals surface area contributed by atoms with Crippen molar-refractivity contribution < 1.29 is 18.4 Å². The minimum atomic E-state index is -0.885. The van der Waals surface area contributed by atoms with Gasteiger partial charge in [-0.1, -0.05) is 23.7 Å². The van der Waals surface area contributed by atoms with E-state index in [4.69, 9.17) is 11.6 Å². The molecule has 2 amide bonds. The molecule has 1 fully saturated rings. The Bertz CT molecular complexity index is 1130. The maximum atomic E-state index is 13.9. The van der Waals surface area contributed by atoms with Crippen molar-refractivity contribution in [2.24, 2.45) is 5.92 Å². The first-order valence-electron chi connectivity index (χ1n) is 10.2. The molecule has 0 saturated carbocycles. The lowest BCUT2D eigenvalue weighted by Gasteiger charge is -2.31. The van der Waals surface area contributed by atoms with Gasteiger partial charge in [-0.25, -0.2) is 13.5 Å². The number of anilines is 1. The predicted octanol–water partition coefficient (Wildman–Crippen LogP) is 4.35. The molecule has 1 aromatic heterocycles. The lowest BCUT2D eigenvalue weighted by atomic mass is 9.95. The molecule has 3 aromatic rings. The van der Waals surface area contributed by atoms with Crippen LogP contribution in [0.5, 0.6) is 0 Å². The quantitative estimate of drug-likeness (QED) is 0.618. The molecule has 1 N–H and O–H groups in total. The minimum Gasteiger partial charge on any atom is -0.339 e. The largest absolute Gasteiger partial charge is 0.339 e. The summed E-state index contributed by atoms with van der Waals surface area (Å²) in [7, 11) is 0. The molecule has 1 saturated heterocycles. The second-order valence-corrected chi connectivity index (χ2v) is 8.12. The number of carbonyl (C=O) groups excluding carboxylic acids is 2. The molecular weight excluding hydrogens is 438 g/mol. The van der Waals surface area contributed by atoms with Crippen molar-refractivity contribution in [3.05, 3.63) is 82.5 Å². The lowest BCUT2D eigenvalue weighted by molar-refractivity contribution is -0.121. The van der Waals surface area contributed by atoms with E-state index in [9.17, 15) is 18.4 Å². The zero-order chi connectivity index (χ0) is 22.7. The molecule has 32 heavy (non-hydrogen) atoms. The van der Waals surface area contributed by atoms with E-state index in [1.807, 2.05) is 12.1 Å². The standard InChI is InChI=1S/C23H21ClF2N4O2/c24-17-3-1-15(2-4-17)14-30-21(7-10-27-30)28-22(31)16-8-11-29(12-9-16)23(32)19-6-5-18(25)13-20(19)26/h1-7,10,13,16H,8-9,11-12,14H2,(H,28,31). The number of nitrogens with one attached hydrogen (secondary N) is 1. The maximum Gasteiger partial charge on any atom is 0.256 e. The van der Waals surface area contributed by atoms with Crippen molar-refractivity contribution in [2.45, 2.75) is 19.4 Å². The third-order valence-corrected chi connectivity index (χ3v) is 5.78. The Balaban J connectivity index is 1.34. The summed E-state index contributed by atoms with van der Waals surface area (Å²) in [5.41, 5.74) is 0.828. The fourth-order valence-corrected chi connectivity index (χ4v) is 3.86. The third kappa shape index (κ3) is 4.96. The Hall–Kier alpha value is -3.26. The van der Waals surface area contributed by atoms with E-state index in [0.29, 0.717) is 49.4 Å². The van der Waals surface area contributed by atoms with Gasteiger partial charge in [0.05, 0.1) is 18.3 Å². The highest BCUT2D eigenvalue weighted by atomic mass is 35.5. The molecule has 0 bridgehead atoms. The lowest BCUT2D eigenvalue weighted by Crippen LogP contribution is -2.41. The number of piperidine rings is 1. The maximum absolute atomic E-state index is 13.9. The van der Waals surface area contributed by atoms with Crippen LogP contribution < -0.4 is 5.32 Å². The van der Waals surface area contributed by atoms with E-state index in [0.717, 1.165) is 17.7 Å². The van der Waals surface area contributed by atoms with E-state index in [1.54, 1.807) is 29.1 Å². The molecule has 0 aliphatic carbocycles. The van der Waals surface area contributed by atoms with Crippen molar-refractivity contribution >= 4 is 29.2 Å². The molecule has 166 valence electrons. The number of likely N-dealkylation sites (tertiary alicyclic amines) is 1. The van der Waals surface area contributed by atoms with Crippen LogP contribution >= 0.6 is 11.6 Å². The van der Waals surface area contributed by atoms with Crippen LogP contribution in [-0.4, -0.2) is 39.6 Å². The Labute approximate surface area is 188 Å². The molecule has 1 aliphatic heterocycles. The second kappa shape index (κ2) is 9.48. The molecule has 0 atom stereocenters. The zero-order valence-electron chi connectivity index (χ0n) is 17.1. The highest BCUT2D eigenvalue weighted by molar-refractivity contribution is 6.30. The van der Waals surface area contributed by atoms with Crippen LogP contribution in [0.15, 0.2) is 54.7 Å². The Kier molecular flexibility index (Phi) is 6.50. The van der Waals surface area contributed by atoms with Crippen LogP contribution in [0.1, 0.15) is 28.8 Å². The summed E-state index contributed by atoms with van der Waals surface area (Å²) in [5, 5.41) is 7.83. The van der Waals surface area contributed by atoms with Crippen LogP contribution in [-0.2, 0) is 11.3 Å². The molecule has 9 heteroatoms. The highest BCUT2D eigenvalue weighted by Gasteiger charge is 2.29. The number of nitrogens with zero attached hydrogens (tertiary/aromatic N) is 3. The summed E-state index contributed by atoms with van der Waals surface area (Å²) in [4.78, 5) is 26.8. The van der Waals surface area contributed by atoms with Crippen LogP contribution in [0.3, 0.4) is 0 Å². The molecule has 0 spiro atoms. The van der Waals surface area contributed by atoms with Gasteiger partial charge in [-0.15, -0.1) is 0 Å². The smallest absolute Gasteiger partial charge is 0.256 e. The van der Waals surface area contributed by atoms with Gasteiger partial charge >= 0.3 is 0 Å². The van der Waals surface area contributed by atoms with Gasteiger partial charge < -0.3 is 10.2 Å². The van der Waals surface area contributed by atoms with E-state index < -0.39 is 17.5 Å². The summed E-state index contributed by atoms with van der Waals surface area (Å²) >= 11 is 5.92. The molecular formula is C23H21ClF2N4O2. The van der Waals surface area contributed by atoms with Crippen LogP contribution in [0.4, 0.5) is 14.6 Å². The average Bonchev–Trinajstić information content (AvgIpc) is 3.21. The van der Waals surface area contributed by atoms with Gasteiger partial charge in [0.15, 0.2) is 0 Å². The summed E-state index contributed by atoms with van der Waals surface area (Å²) in [6.07, 6.45) is 2.52. The SMILES string of the molecule is O=C(Nc1ccnn1Cc1ccc(Cl)cc1)C1CCN(C(=O)c2ccc(F)cc2F)CC1. The van der Waals surface area contributed by atoms with Gasteiger partial charge in [0.25, 0.3) is 5.91 Å². The van der Waals surface area contributed by atoms with Crippen LogP contribution in [0.25, 0.3) is 0 Å². The number of aromatic nitrogens is 2. The molecule has 2 heterocycles. The number of amides is 2. The summed E-state index contributed by atoms with van der Waals surface area (Å²) in [6.45, 7) is 1.12. The number of benzene rings is 2. The van der Waals surface area contributed by atoms with Crippen molar-refractivity contribution in [1.82, 2.24) is 14.7 Å². The Morgan fingerprint density at radius 1 is 1.06 bits per heavy atom. The molecule has 1 aliphatic rings. The van der Waals surface area contributed by atoms with Crippen molar-refractivity contribution in [2.75, 3.05) is 18.4 Å². The van der Waals surface area contributed by atoms with Gasteiger partial charge in [0, 0.05) is 36.2 Å². The Morgan fingerprint density at radius 2 is 1.78 bits per heavy atom. The molecule has 2 aromatic carbocycles. The Morgan fingerprint density at radius 3 is 2.47 bits per heavy atom. The van der Waals surface area contributed by atoms with Crippen molar-refractivity contribution in [3.63, 3.8) is 0 Å². The van der Waals surface area contributed by atoms with E-state index >= 15 is 0 Å².